The van der Waals surface area contributed by atoms with Crippen LogP contribution in [0.4, 0.5) is 0 Å². The molecule has 2 heterocycles. The first kappa shape index (κ1) is 18.3. The van der Waals surface area contributed by atoms with Crippen LogP contribution in [0.25, 0.3) is 5.69 Å². The molecule has 6 heteroatoms. The van der Waals surface area contributed by atoms with Crippen molar-refractivity contribution < 1.29 is 23.8 Å². The molecule has 1 aliphatic carbocycles. The zero-order valence-corrected chi connectivity index (χ0v) is 16.1. The molecular weight excluding hydrogens is 358 g/mol. The molecule has 0 fully saturated rings. The van der Waals surface area contributed by atoms with Crippen LogP contribution in [0.2, 0.25) is 0 Å². The maximum absolute atomic E-state index is 12.7. The number of hydrogen-bond acceptors (Lipinski definition) is 5. The van der Waals surface area contributed by atoms with Gasteiger partial charge in [0.1, 0.15) is 0 Å². The Morgan fingerprint density at radius 3 is 2.75 bits per heavy atom. The second kappa shape index (κ2) is 7.54. The van der Waals surface area contributed by atoms with E-state index in [0.717, 1.165) is 29.9 Å². The predicted octanol–water partition coefficient (Wildman–Crippen LogP) is 3.91. The van der Waals surface area contributed by atoms with Crippen LogP contribution in [0, 0.1) is 19.8 Å². The van der Waals surface area contributed by atoms with Crippen molar-refractivity contribution in [2.24, 2.45) is 5.92 Å². The van der Waals surface area contributed by atoms with Crippen molar-refractivity contribution in [3.05, 3.63) is 53.4 Å². The maximum Gasteiger partial charge on any atom is 0.309 e. The first-order valence-electron chi connectivity index (χ1n) is 9.48. The Labute approximate surface area is 163 Å². The molecule has 6 nitrogen and oxygen atoms in total. The van der Waals surface area contributed by atoms with E-state index < -0.39 is 0 Å². The van der Waals surface area contributed by atoms with Crippen molar-refractivity contribution in [3.63, 3.8) is 0 Å². The number of benzene rings is 1. The summed E-state index contributed by atoms with van der Waals surface area (Å²) in [5.41, 5.74) is 3.18. The van der Waals surface area contributed by atoms with Gasteiger partial charge in [0.25, 0.3) is 0 Å². The lowest BCUT2D eigenvalue weighted by Crippen LogP contribution is -2.22. The van der Waals surface area contributed by atoms with Gasteiger partial charge in [-0.15, -0.1) is 0 Å². The first-order valence-corrected chi connectivity index (χ1v) is 9.48. The Morgan fingerprint density at radius 1 is 1.14 bits per heavy atom. The summed E-state index contributed by atoms with van der Waals surface area (Å²) in [6.07, 6.45) is 6.41. The lowest BCUT2D eigenvalue weighted by molar-refractivity contribution is -0.147. The van der Waals surface area contributed by atoms with E-state index >= 15 is 0 Å². The maximum atomic E-state index is 12.7. The Bertz CT molecular complexity index is 956. The van der Waals surface area contributed by atoms with E-state index in [1.54, 1.807) is 0 Å². The van der Waals surface area contributed by atoms with Crippen molar-refractivity contribution in [1.82, 2.24) is 4.57 Å². The number of esters is 1. The second-order valence-corrected chi connectivity index (χ2v) is 7.17. The van der Waals surface area contributed by atoms with E-state index in [2.05, 4.69) is 6.08 Å². The Kier molecular flexibility index (Phi) is 4.94. The van der Waals surface area contributed by atoms with Crippen LogP contribution in [0.1, 0.15) is 41.0 Å². The summed E-state index contributed by atoms with van der Waals surface area (Å²) in [7, 11) is 0. The Hall–Kier alpha value is -3.02. The quantitative estimate of drug-likeness (QED) is 0.446. The van der Waals surface area contributed by atoms with Crippen molar-refractivity contribution in [2.45, 2.75) is 33.1 Å². The Morgan fingerprint density at radius 2 is 1.96 bits per heavy atom. The van der Waals surface area contributed by atoms with Crippen molar-refractivity contribution in [1.29, 1.82) is 0 Å². The average molecular weight is 381 g/mol. The van der Waals surface area contributed by atoms with Crippen LogP contribution in [0.15, 0.2) is 36.4 Å². The standard InChI is InChI=1S/C22H23NO5/c1-14-10-18(19(24)12-26-22(25)16-6-4-3-5-7-16)15(2)23(14)17-8-9-20-21(11-17)28-13-27-20/h3-4,8-11,16H,5-7,12-13H2,1-2H3/t16-/m1/s1. The number of rotatable bonds is 5. The SMILES string of the molecule is Cc1cc(C(=O)COC(=O)[C@@H]2CC=CCC2)c(C)n1-c1ccc2c(c1)OCO2. The van der Waals surface area contributed by atoms with Gasteiger partial charge in [-0.05, 0) is 51.3 Å². The fraction of sp³-hybridized carbons (Fsp3) is 0.364. The van der Waals surface area contributed by atoms with E-state index in [1.165, 1.54) is 0 Å². The van der Waals surface area contributed by atoms with Gasteiger partial charge in [-0.2, -0.15) is 0 Å². The van der Waals surface area contributed by atoms with Crippen molar-refractivity contribution in [2.75, 3.05) is 13.4 Å². The topological polar surface area (TPSA) is 66.8 Å². The van der Waals surface area contributed by atoms with Crippen molar-refractivity contribution in [3.8, 4) is 17.2 Å². The number of ketones is 1. The first-order chi connectivity index (χ1) is 13.5. The zero-order chi connectivity index (χ0) is 19.7. The minimum atomic E-state index is -0.290. The van der Waals surface area contributed by atoms with Gasteiger partial charge in [-0.3, -0.25) is 9.59 Å². The third kappa shape index (κ3) is 3.42. The number of carbonyl (C=O) groups is 2. The van der Waals surface area contributed by atoms with Crippen LogP contribution in [-0.4, -0.2) is 29.7 Å². The molecule has 0 saturated carbocycles. The predicted molar refractivity (Wildman–Crippen MR) is 103 cm³/mol. The molecule has 0 unspecified atom stereocenters. The number of aromatic nitrogens is 1. The number of allylic oxidation sites excluding steroid dienone is 2. The molecule has 0 bridgehead atoms. The highest BCUT2D eigenvalue weighted by molar-refractivity contribution is 5.99. The summed E-state index contributed by atoms with van der Waals surface area (Å²) >= 11 is 0. The molecule has 1 aromatic carbocycles. The molecule has 0 saturated heterocycles. The summed E-state index contributed by atoms with van der Waals surface area (Å²) in [5, 5.41) is 0. The lowest BCUT2D eigenvalue weighted by Gasteiger charge is -2.16. The fourth-order valence-corrected chi connectivity index (χ4v) is 3.81. The number of Topliss-reactive ketones (excluding diaryl/α,β-unsaturated/α-hetero) is 1. The number of nitrogens with zero attached hydrogens (tertiary/aromatic N) is 1. The molecule has 0 N–H and O–H groups in total. The second-order valence-electron chi connectivity index (χ2n) is 7.17. The summed E-state index contributed by atoms with van der Waals surface area (Å²) < 4.78 is 18.1. The van der Waals surface area contributed by atoms with Gasteiger partial charge in [0.2, 0.25) is 12.6 Å². The van der Waals surface area contributed by atoms with Crippen LogP contribution >= 0.6 is 0 Å². The number of ether oxygens (including phenoxy) is 3. The van der Waals surface area contributed by atoms with Gasteiger partial charge in [-0.25, -0.2) is 0 Å². The molecule has 1 aliphatic heterocycles. The highest BCUT2D eigenvalue weighted by Crippen LogP contribution is 2.35. The molecule has 2 aromatic rings. The fourth-order valence-electron chi connectivity index (χ4n) is 3.81. The third-order valence-electron chi connectivity index (χ3n) is 5.29. The van der Waals surface area contributed by atoms with Crippen LogP contribution in [0.3, 0.4) is 0 Å². The minimum absolute atomic E-state index is 0.140. The van der Waals surface area contributed by atoms with Gasteiger partial charge in [0.05, 0.1) is 5.92 Å². The van der Waals surface area contributed by atoms with E-state index in [9.17, 15) is 9.59 Å². The third-order valence-corrected chi connectivity index (χ3v) is 5.29. The van der Waals surface area contributed by atoms with Crippen LogP contribution in [-0.2, 0) is 9.53 Å². The average Bonchev–Trinajstić information content (AvgIpc) is 3.29. The molecule has 146 valence electrons. The van der Waals surface area contributed by atoms with Crippen LogP contribution in [0.5, 0.6) is 11.5 Å². The Balaban J connectivity index is 1.49. The minimum Gasteiger partial charge on any atom is -0.457 e. The van der Waals surface area contributed by atoms with Gasteiger partial charge in [-0.1, -0.05) is 12.2 Å². The number of aryl methyl sites for hydroxylation is 1. The van der Waals surface area contributed by atoms with E-state index in [1.807, 2.05) is 48.8 Å². The smallest absolute Gasteiger partial charge is 0.309 e. The zero-order valence-electron chi connectivity index (χ0n) is 16.1. The van der Waals surface area contributed by atoms with Gasteiger partial charge >= 0.3 is 5.97 Å². The van der Waals surface area contributed by atoms with Gasteiger partial charge < -0.3 is 18.8 Å². The molecule has 4 rings (SSSR count). The number of carbonyl (C=O) groups excluding carboxylic acids is 2. The lowest BCUT2D eigenvalue weighted by atomic mass is 9.95. The summed E-state index contributed by atoms with van der Waals surface area (Å²) in [5.74, 6) is 0.779. The molecule has 0 spiro atoms. The van der Waals surface area contributed by atoms with Crippen LogP contribution < -0.4 is 9.47 Å². The molecular formula is C22H23NO5. The van der Waals surface area contributed by atoms with Gasteiger partial charge in [0, 0.05) is 28.7 Å². The molecule has 0 radical (unpaired) electrons. The number of hydrogen-bond donors (Lipinski definition) is 0. The van der Waals surface area contributed by atoms with Gasteiger partial charge in [0.15, 0.2) is 18.1 Å². The molecule has 28 heavy (non-hydrogen) atoms. The largest absolute Gasteiger partial charge is 0.457 e. The van der Waals surface area contributed by atoms with E-state index in [4.69, 9.17) is 14.2 Å². The molecule has 2 aliphatic rings. The monoisotopic (exact) mass is 381 g/mol. The highest BCUT2D eigenvalue weighted by atomic mass is 16.7. The van der Waals surface area contributed by atoms with E-state index in [0.29, 0.717) is 23.5 Å². The molecule has 1 atom stereocenters. The summed E-state index contributed by atoms with van der Waals surface area (Å²) in [6.45, 7) is 3.81. The molecule has 1 aromatic heterocycles. The number of fused-ring (bicyclic) bond motifs is 1. The van der Waals surface area contributed by atoms with Crippen molar-refractivity contribution >= 4 is 11.8 Å². The normalized spacial score (nSPS) is 17.6. The van der Waals surface area contributed by atoms with E-state index in [-0.39, 0.29) is 31.1 Å². The summed E-state index contributed by atoms with van der Waals surface area (Å²) in [4.78, 5) is 24.9. The molecule has 0 amide bonds. The summed E-state index contributed by atoms with van der Waals surface area (Å²) in [6, 6.07) is 7.52. The highest BCUT2D eigenvalue weighted by Gasteiger charge is 2.23.